The van der Waals surface area contributed by atoms with Crippen molar-refractivity contribution in [2.75, 3.05) is 5.32 Å². The molecule has 0 fully saturated rings. The third-order valence-electron chi connectivity index (χ3n) is 4.31. The number of hydrazone groups is 1. The van der Waals surface area contributed by atoms with Gasteiger partial charge in [-0.1, -0.05) is 34.1 Å². The number of pyridine rings is 1. The van der Waals surface area contributed by atoms with E-state index in [2.05, 4.69) is 36.8 Å². The predicted molar refractivity (Wildman–Crippen MR) is 117 cm³/mol. The van der Waals surface area contributed by atoms with E-state index in [-0.39, 0.29) is 11.5 Å². The summed E-state index contributed by atoms with van der Waals surface area (Å²) in [7, 11) is 0. The summed E-state index contributed by atoms with van der Waals surface area (Å²) in [6.45, 7) is 4.05. The molecule has 6 nitrogen and oxygen atoms in total. The number of aromatic nitrogens is 1. The maximum absolute atomic E-state index is 12.6. The lowest BCUT2D eigenvalue weighted by Gasteiger charge is -2.10. The Labute approximate surface area is 177 Å². The van der Waals surface area contributed by atoms with E-state index in [0.29, 0.717) is 15.7 Å². The van der Waals surface area contributed by atoms with Crippen LogP contribution in [-0.2, 0) is 0 Å². The molecule has 0 aliphatic rings. The maximum atomic E-state index is 12.6. The fourth-order valence-corrected chi connectivity index (χ4v) is 2.94. The van der Waals surface area contributed by atoms with Gasteiger partial charge in [0.05, 0.1) is 23.0 Å². The van der Waals surface area contributed by atoms with E-state index in [9.17, 15) is 9.59 Å². The zero-order chi connectivity index (χ0) is 20.8. The van der Waals surface area contributed by atoms with Gasteiger partial charge in [0.2, 0.25) is 0 Å². The minimum Gasteiger partial charge on any atom is -0.321 e. The van der Waals surface area contributed by atoms with Crippen molar-refractivity contribution in [1.82, 2.24) is 10.4 Å². The highest BCUT2D eigenvalue weighted by Crippen LogP contribution is 2.22. The predicted octanol–water partition coefficient (Wildman–Crippen LogP) is 4.48. The second kappa shape index (κ2) is 9.25. The Morgan fingerprint density at radius 3 is 2.59 bits per heavy atom. The minimum absolute atomic E-state index is 0.286. The van der Waals surface area contributed by atoms with Gasteiger partial charge >= 0.3 is 0 Å². The number of halogens is 1. The first-order valence-electron chi connectivity index (χ1n) is 8.85. The zero-order valence-electron chi connectivity index (χ0n) is 15.9. The molecule has 0 saturated heterocycles. The number of carbonyl (C=O) groups is 2. The molecule has 3 aromatic rings. The Hall–Kier alpha value is -3.32. The van der Waals surface area contributed by atoms with Gasteiger partial charge in [-0.15, -0.1) is 0 Å². The van der Waals surface area contributed by atoms with Gasteiger partial charge in [0.25, 0.3) is 11.8 Å². The molecule has 2 aromatic carbocycles. The lowest BCUT2D eigenvalue weighted by Crippen LogP contribution is -2.21. The largest absolute Gasteiger partial charge is 0.321 e. The van der Waals surface area contributed by atoms with E-state index in [4.69, 9.17) is 0 Å². The fraction of sp³-hybridized carbons (Fsp3) is 0.0909. The molecule has 3 rings (SSSR count). The molecule has 0 atom stereocenters. The molecular weight excluding hydrogens is 432 g/mol. The van der Waals surface area contributed by atoms with Gasteiger partial charge in [-0.3, -0.25) is 14.6 Å². The summed E-state index contributed by atoms with van der Waals surface area (Å²) in [4.78, 5) is 29.0. The van der Waals surface area contributed by atoms with Crippen molar-refractivity contribution in [2.24, 2.45) is 5.10 Å². The highest BCUT2D eigenvalue weighted by Gasteiger charge is 2.15. The van der Waals surface area contributed by atoms with Crippen molar-refractivity contribution in [3.63, 3.8) is 0 Å². The smallest absolute Gasteiger partial charge is 0.273 e. The first-order valence-corrected chi connectivity index (χ1v) is 9.65. The molecule has 7 heteroatoms. The SMILES string of the molecule is Cc1ccc(/C=N/NC(=O)c2cc(Br)ccc2NC(=O)c2cccnc2)cc1C. The Kier molecular flexibility index (Phi) is 6.51. The first-order chi connectivity index (χ1) is 13.9. The van der Waals surface area contributed by atoms with Crippen LogP contribution in [0, 0.1) is 13.8 Å². The van der Waals surface area contributed by atoms with Crippen molar-refractivity contribution in [3.05, 3.63) is 93.2 Å². The molecule has 0 unspecified atom stereocenters. The summed E-state index contributed by atoms with van der Waals surface area (Å²) in [5, 5.41) is 6.78. The number of hydrogen-bond donors (Lipinski definition) is 2. The van der Waals surface area contributed by atoms with Crippen LogP contribution in [0.25, 0.3) is 0 Å². The number of anilines is 1. The van der Waals surface area contributed by atoms with Gasteiger partial charge in [0.1, 0.15) is 0 Å². The van der Waals surface area contributed by atoms with Crippen LogP contribution in [0.15, 0.2) is 70.5 Å². The average Bonchev–Trinajstić information content (AvgIpc) is 2.72. The van der Waals surface area contributed by atoms with E-state index in [1.54, 1.807) is 42.7 Å². The van der Waals surface area contributed by atoms with Crippen LogP contribution in [0.5, 0.6) is 0 Å². The second-order valence-corrected chi connectivity index (χ2v) is 7.34. The number of benzene rings is 2. The standard InChI is InChI=1S/C22H19BrN4O2/c1-14-5-6-16(10-15(14)2)12-25-27-22(29)19-11-18(23)7-8-20(19)26-21(28)17-4-3-9-24-13-17/h3-13H,1-2H3,(H,26,28)(H,27,29)/b25-12+. The molecular formula is C22H19BrN4O2. The van der Waals surface area contributed by atoms with Crippen LogP contribution < -0.4 is 10.7 Å². The summed E-state index contributed by atoms with van der Waals surface area (Å²) >= 11 is 3.35. The Morgan fingerprint density at radius 1 is 1.03 bits per heavy atom. The van der Waals surface area contributed by atoms with Crippen LogP contribution in [0.2, 0.25) is 0 Å². The third-order valence-corrected chi connectivity index (χ3v) is 4.80. The van der Waals surface area contributed by atoms with Crippen LogP contribution in [0.4, 0.5) is 5.69 Å². The quantitative estimate of drug-likeness (QED) is 0.443. The molecule has 0 bridgehead atoms. The van der Waals surface area contributed by atoms with Gasteiger partial charge in [-0.05, 0) is 60.9 Å². The van der Waals surface area contributed by atoms with E-state index < -0.39 is 5.91 Å². The highest BCUT2D eigenvalue weighted by atomic mass is 79.9. The van der Waals surface area contributed by atoms with Crippen LogP contribution >= 0.6 is 15.9 Å². The molecule has 0 radical (unpaired) electrons. The molecule has 146 valence electrons. The molecule has 1 aromatic heterocycles. The normalized spacial score (nSPS) is 10.7. The number of aryl methyl sites for hydroxylation is 2. The van der Waals surface area contributed by atoms with E-state index in [1.807, 2.05) is 32.0 Å². The molecule has 0 aliphatic carbocycles. The molecule has 0 saturated carbocycles. The maximum Gasteiger partial charge on any atom is 0.273 e. The summed E-state index contributed by atoms with van der Waals surface area (Å²) in [6, 6.07) is 14.3. The molecule has 2 amide bonds. The fourth-order valence-electron chi connectivity index (χ4n) is 2.58. The van der Waals surface area contributed by atoms with Crippen molar-refractivity contribution < 1.29 is 9.59 Å². The first kappa shape index (κ1) is 20.4. The summed E-state index contributed by atoms with van der Waals surface area (Å²) in [6.07, 6.45) is 4.63. The molecule has 1 heterocycles. The molecule has 0 aliphatic heterocycles. The van der Waals surface area contributed by atoms with Gasteiger partial charge in [0.15, 0.2) is 0 Å². The lowest BCUT2D eigenvalue weighted by atomic mass is 10.1. The number of nitrogens with one attached hydrogen (secondary N) is 2. The van der Waals surface area contributed by atoms with Crippen molar-refractivity contribution >= 4 is 39.6 Å². The van der Waals surface area contributed by atoms with Crippen LogP contribution in [0.3, 0.4) is 0 Å². The summed E-state index contributed by atoms with van der Waals surface area (Å²) < 4.78 is 0.708. The molecule has 2 N–H and O–H groups in total. The van der Waals surface area contributed by atoms with Gasteiger partial charge in [0, 0.05) is 16.9 Å². The Bertz CT molecular complexity index is 1080. The molecule has 29 heavy (non-hydrogen) atoms. The number of amides is 2. The second-order valence-electron chi connectivity index (χ2n) is 6.43. The average molecular weight is 451 g/mol. The van der Waals surface area contributed by atoms with Gasteiger partial charge < -0.3 is 5.32 Å². The lowest BCUT2D eigenvalue weighted by molar-refractivity contribution is 0.0956. The van der Waals surface area contributed by atoms with E-state index in [0.717, 1.165) is 11.1 Å². The number of hydrogen-bond acceptors (Lipinski definition) is 4. The van der Waals surface area contributed by atoms with Gasteiger partial charge in [-0.25, -0.2) is 5.43 Å². The Balaban J connectivity index is 1.75. The van der Waals surface area contributed by atoms with E-state index in [1.165, 1.54) is 11.8 Å². The topological polar surface area (TPSA) is 83.5 Å². The van der Waals surface area contributed by atoms with Crippen molar-refractivity contribution in [3.8, 4) is 0 Å². The number of nitrogens with zero attached hydrogens (tertiary/aromatic N) is 2. The van der Waals surface area contributed by atoms with Gasteiger partial charge in [-0.2, -0.15) is 5.10 Å². The third kappa shape index (κ3) is 5.36. The van der Waals surface area contributed by atoms with Crippen molar-refractivity contribution in [1.29, 1.82) is 0 Å². The van der Waals surface area contributed by atoms with E-state index >= 15 is 0 Å². The van der Waals surface area contributed by atoms with Crippen molar-refractivity contribution in [2.45, 2.75) is 13.8 Å². The summed E-state index contributed by atoms with van der Waals surface area (Å²) in [5.74, 6) is -0.791. The Morgan fingerprint density at radius 2 is 1.86 bits per heavy atom. The number of carbonyl (C=O) groups excluding carboxylic acids is 2. The highest BCUT2D eigenvalue weighted by molar-refractivity contribution is 9.10. The van der Waals surface area contributed by atoms with Crippen LogP contribution in [0.1, 0.15) is 37.4 Å². The zero-order valence-corrected chi connectivity index (χ0v) is 17.5. The monoisotopic (exact) mass is 450 g/mol. The molecule has 0 spiro atoms. The minimum atomic E-state index is -0.437. The van der Waals surface area contributed by atoms with Crippen LogP contribution in [-0.4, -0.2) is 23.0 Å². The number of rotatable bonds is 5. The summed E-state index contributed by atoms with van der Waals surface area (Å²) in [5.41, 5.74) is 6.79.